The number of aromatic nitrogens is 2. The molecule has 0 saturated carbocycles. The van der Waals surface area contributed by atoms with Crippen LogP contribution >= 0.6 is 11.8 Å². The number of rotatable bonds is 6. The van der Waals surface area contributed by atoms with Crippen LogP contribution in [0, 0.1) is 5.82 Å². The van der Waals surface area contributed by atoms with Crippen LogP contribution in [0.25, 0.3) is 0 Å². The van der Waals surface area contributed by atoms with Crippen LogP contribution in [0.5, 0.6) is 0 Å². The molecule has 0 bridgehead atoms. The Morgan fingerprint density at radius 1 is 0.967 bits per heavy atom. The van der Waals surface area contributed by atoms with Gasteiger partial charge in [0, 0.05) is 31.9 Å². The molecule has 0 amide bonds. The van der Waals surface area contributed by atoms with Gasteiger partial charge in [-0.05, 0) is 23.8 Å². The Bertz CT molecular complexity index is 1100. The summed E-state index contributed by atoms with van der Waals surface area (Å²) in [5.74, 6) is 0.976. The molecule has 0 aliphatic carbocycles. The van der Waals surface area contributed by atoms with Crippen LogP contribution in [0.1, 0.15) is 5.56 Å². The number of nitrogens with zero attached hydrogens (tertiary/aromatic N) is 4. The normalized spacial score (nSPS) is 15.3. The van der Waals surface area contributed by atoms with E-state index in [1.54, 1.807) is 24.2 Å². The van der Waals surface area contributed by atoms with E-state index in [9.17, 15) is 12.8 Å². The first kappa shape index (κ1) is 20.8. The van der Waals surface area contributed by atoms with Crippen LogP contribution < -0.4 is 4.90 Å². The van der Waals surface area contributed by atoms with Gasteiger partial charge in [-0.1, -0.05) is 36.4 Å². The molecule has 3 aromatic rings. The minimum Gasteiger partial charge on any atom is -0.353 e. The molecule has 0 spiro atoms. The lowest BCUT2D eigenvalue weighted by Crippen LogP contribution is -2.49. The van der Waals surface area contributed by atoms with Crippen molar-refractivity contribution in [3.8, 4) is 0 Å². The number of sulfonamides is 1. The third-order valence-corrected chi connectivity index (χ3v) is 7.69. The molecule has 0 atom stereocenters. The summed E-state index contributed by atoms with van der Waals surface area (Å²) in [6.07, 6.45) is 3.44. The van der Waals surface area contributed by atoms with Gasteiger partial charge in [0.2, 0.25) is 10.0 Å². The first-order valence-corrected chi connectivity index (χ1v) is 11.9. The highest BCUT2D eigenvalue weighted by atomic mass is 32.2. The summed E-state index contributed by atoms with van der Waals surface area (Å²) < 4.78 is 40.4. The molecule has 1 fully saturated rings. The quantitative estimate of drug-likeness (QED) is 0.543. The molecule has 2 aromatic carbocycles. The molecule has 4 rings (SSSR count). The molecule has 2 heterocycles. The zero-order valence-electron chi connectivity index (χ0n) is 16.2. The average Bonchev–Trinajstić information content (AvgIpc) is 2.79. The van der Waals surface area contributed by atoms with E-state index in [4.69, 9.17) is 0 Å². The van der Waals surface area contributed by atoms with Crippen molar-refractivity contribution in [1.82, 2.24) is 14.3 Å². The van der Waals surface area contributed by atoms with Gasteiger partial charge in [0.05, 0.1) is 17.3 Å². The fourth-order valence-electron chi connectivity index (χ4n) is 3.23. The lowest BCUT2D eigenvalue weighted by Gasteiger charge is -2.34. The highest BCUT2D eigenvalue weighted by Gasteiger charge is 2.29. The van der Waals surface area contributed by atoms with E-state index in [0.717, 1.165) is 22.7 Å². The van der Waals surface area contributed by atoms with Crippen molar-refractivity contribution >= 4 is 27.6 Å². The average molecular weight is 445 g/mol. The van der Waals surface area contributed by atoms with Gasteiger partial charge in [-0.15, -0.1) is 11.8 Å². The summed E-state index contributed by atoms with van der Waals surface area (Å²) in [5, 5.41) is 0.825. The molecule has 0 unspecified atom stereocenters. The van der Waals surface area contributed by atoms with E-state index in [-0.39, 0.29) is 4.90 Å². The predicted octanol–water partition coefficient (Wildman–Crippen LogP) is 3.42. The summed E-state index contributed by atoms with van der Waals surface area (Å²) in [6, 6.07) is 15.3. The molecule has 9 heteroatoms. The Morgan fingerprint density at radius 2 is 1.73 bits per heavy atom. The Labute approximate surface area is 179 Å². The van der Waals surface area contributed by atoms with E-state index in [1.165, 1.54) is 28.1 Å². The Balaban J connectivity index is 1.39. The molecule has 30 heavy (non-hydrogen) atoms. The van der Waals surface area contributed by atoms with E-state index in [2.05, 4.69) is 22.1 Å². The number of halogens is 1. The standard InChI is InChI=1S/C21H21FN4O2S2/c22-18-7-4-8-19(13-18)30(27,28)26-11-9-25(10-12-26)20-14-23-15-21(24-20)29-16-17-5-2-1-3-6-17/h1-8,13-15H,9-12,16H2. The van der Waals surface area contributed by atoms with Crippen molar-refractivity contribution in [3.05, 3.63) is 78.4 Å². The summed E-state index contributed by atoms with van der Waals surface area (Å²) in [4.78, 5) is 11.0. The smallest absolute Gasteiger partial charge is 0.243 e. The molecule has 1 aliphatic heterocycles. The van der Waals surface area contributed by atoms with Gasteiger partial charge >= 0.3 is 0 Å². The van der Waals surface area contributed by atoms with E-state index in [1.807, 2.05) is 23.1 Å². The summed E-state index contributed by atoms with van der Waals surface area (Å²) >= 11 is 1.61. The maximum atomic E-state index is 13.4. The van der Waals surface area contributed by atoms with E-state index >= 15 is 0 Å². The Kier molecular flexibility index (Phi) is 6.31. The topological polar surface area (TPSA) is 66.4 Å². The van der Waals surface area contributed by atoms with Crippen LogP contribution in [0.4, 0.5) is 10.2 Å². The van der Waals surface area contributed by atoms with Crippen LogP contribution in [-0.4, -0.2) is 48.9 Å². The van der Waals surface area contributed by atoms with Gasteiger partial charge in [-0.3, -0.25) is 4.98 Å². The fraction of sp³-hybridized carbons (Fsp3) is 0.238. The second kappa shape index (κ2) is 9.11. The number of anilines is 1. The number of thioether (sulfide) groups is 1. The van der Waals surface area contributed by atoms with Gasteiger partial charge in [-0.25, -0.2) is 17.8 Å². The number of benzene rings is 2. The third-order valence-electron chi connectivity index (χ3n) is 4.83. The van der Waals surface area contributed by atoms with Crippen LogP contribution in [-0.2, 0) is 15.8 Å². The molecule has 156 valence electrons. The summed E-state index contributed by atoms with van der Waals surface area (Å²) in [6.45, 7) is 1.61. The Hall–Kier alpha value is -2.49. The van der Waals surface area contributed by atoms with E-state index < -0.39 is 15.8 Å². The van der Waals surface area contributed by atoms with Crippen molar-refractivity contribution < 1.29 is 12.8 Å². The number of hydrogen-bond acceptors (Lipinski definition) is 6. The lowest BCUT2D eigenvalue weighted by molar-refractivity contribution is 0.383. The van der Waals surface area contributed by atoms with Crippen LogP contribution in [0.15, 0.2) is 76.9 Å². The number of hydrogen-bond donors (Lipinski definition) is 0. The molecule has 0 radical (unpaired) electrons. The van der Waals surface area contributed by atoms with Gasteiger partial charge < -0.3 is 4.90 Å². The fourth-order valence-corrected chi connectivity index (χ4v) is 5.48. The van der Waals surface area contributed by atoms with Crippen molar-refractivity contribution in [1.29, 1.82) is 0 Å². The van der Waals surface area contributed by atoms with Gasteiger partial charge in [0.15, 0.2) is 0 Å². The molecule has 0 N–H and O–H groups in total. The maximum absolute atomic E-state index is 13.4. The predicted molar refractivity (Wildman–Crippen MR) is 115 cm³/mol. The summed E-state index contributed by atoms with van der Waals surface area (Å²) in [5.41, 5.74) is 1.21. The van der Waals surface area contributed by atoms with Gasteiger partial charge in [0.1, 0.15) is 16.7 Å². The van der Waals surface area contributed by atoms with Gasteiger partial charge in [0.25, 0.3) is 0 Å². The van der Waals surface area contributed by atoms with Crippen molar-refractivity contribution in [3.63, 3.8) is 0 Å². The molecule has 1 aliphatic rings. The first-order chi connectivity index (χ1) is 14.5. The monoisotopic (exact) mass is 444 g/mol. The van der Waals surface area contributed by atoms with Crippen molar-refractivity contribution in [2.45, 2.75) is 15.7 Å². The van der Waals surface area contributed by atoms with Crippen LogP contribution in [0.2, 0.25) is 0 Å². The second-order valence-corrected chi connectivity index (χ2v) is 9.77. The zero-order valence-corrected chi connectivity index (χ0v) is 17.8. The molecule has 1 aromatic heterocycles. The maximum Gasteiger partial charge on any atom is 0.243 e. The second-order valence-electron chi connectivity index (χ2n) is 6.84. The summed E-state index contributed by atoms with van der Waals surface area (Å²) in [7, 11) is -3.71. The van der Waals surface area contributed by atoms with Gasteiger partial charge in [-0.2, -0.15) is 4.31 Å². The van der Waals surface area contributed by atoms with Crippen LogP contribution in [0.3, 0.4) is 0 Å². The minimum atomic E-state index is -3.71. The Morgan fingerprint density at radius 3 is 2.47 bits per heavy atom. The number of piperazine rings is 1. The molecule has 1 saturated heterocycles. The first-order valence-electron chi connectivity index (χ1n) is 9.52. The highest BCUT2D eigenvalue weighted by Crippen LogP contribution is 2.24. The third kappa shape index (κ3) is 4.80. The molecule has 6 nitrogen and oxygen atoms in total. The highest BCUT2D eigenvalue weighted by molar-refractivity contribution is 7.98. The van der Waals surface area contributed by atoms with E-state index in [0.29, 0.717) is 26.2 Å². The van der Waals surface area contributed by atoms with Crippen molar-refractivity contribution in [2.75, 3.05) is 31.1 Å². The zero-order chi connectivity index (χ0) is 21.0. The minimum absolute atomic E-state index is 0.0185. The van der Waals surface area contributed by atoms with Crippen molar-refractivity contribution in [2.24, 2.45) is 0 Å². The molecular formula is C21H21FN4O2S2. The lowest BCUT2D eigenvalue weighted by atomic mass is 10.2. The largest absolute Gasteiger partial charge is 0.353 e. The molecular weight excluding hydrogens is 423 g/mol. The SMILES string of the molecule is O=S(=O)(c1cccc(F)c1)N1CCN(c2cncc(SCc3ccccc3)n2)CC1.